The monoisotopic (exact) mass is 362 g/mol. The van der Waals surface area contributed by atoms with Gasteiger partial charge in [0.1, 0.15) is 23.5 Å². The van der Waals surface area contributed by atoms with Crippen LogP contribution in [0.2, 0.25) is 5.02 Å². The fourth-order valence-corrected chi connectivity index (χ4v) is 2.50. The zero-order valence-electron chi connectivity index (χ0n) is 10.3. The summed E-state index contributed by atoms with van der Waals surface area (Å²) in [5, 5.41) is 9.89. The first-order chi connectivity index (χ1) is 9.43. The van der Waals surface area contributed by atoms with E-state index in [4.69, 9.17) is 16.3 Å². The van der Waals surface area contributed by atoms with Crippen LogP contribution in [-0.2, 0) is 0 Å². The van der Waals surface area contributed by atoms with E-state index < -0.39 is 17.7 Å². The maximum Gasteiger partial charge on any atom is 0.142 e. The first-order valence-corrected chi connectivity index (χ1v) is 6.77. The molecule has 0 aliphatic heterocycles. The molecule has 0 spiro atoms. The Kier molecular flexibility index (Phi) is 4.62. The van der Waals surface area contributed by atoms with Crippen LogP contribution in [-0.4, -0.2) is 12.2 Å². The highest BCUT2D eigenvalue weighted by Gasteiger charge is 2.20. The smallest absolute Gasteiger partial charge is 0.142 e. The molecule has 0 heterocycles. The highest BCUT2D eigenvalue weighted by molar-refractivity contribution is 9.10. The van der Waals surface area contributed by atoms with Gasteiger partial charge >= 0.3 is 0 Å². The van der Waals surface area contributed by atoms with E-state index in [1.807, 2.05) is 0 Å². The normalized spacial score (nSPS) is 12.3. The molecule has 0 aliphatic carbocycles. The molecular weight excluding hydrogens is 354 g/mol. The number of rotatable bonds is 3. The number of aliphatic hydroxyl groups excluding tert-OH is 1. The summed E-state index contributed by atoms with van der Waals surface area (Å²) in [4.78, 5) is 0. The standard InChI is InChI=1S/C14H10BrClF2O2/c1-20-7-2-3-8(10(15)4-7)14(19)9-5-13(18)11(16)6-12(9)17/h2-6,14,19H,1H3. The highest BCUT2D eigenvalue weighted by Crippen LogP contribution is 2.33. The Labute approximate surface area is 128 Å². The number of hydrogen-bond acceptors (Lipinski definition) is 2. The topological polar surface area (TPSA) is 29.5 Å². The summed E-state index contributed by atoms with van der Waals surface area (Å²) >= 11 is 8.75. The number of hydrogen-bond donors (Lipinski definition) is 1. The molecule has 2 rings (SSSR count). The summed E-state index contributed by atoms with van der Waals surface area (Å²) in [6.07, 6.45) is -1.32. The molecule has 0 fully saturated rings. The maximum absolute atomic E-state index is 13.8. The Morgan fingerprint density at radius 2 is 1.85 bits per heavy atom. The fraction of sp³-hybridized carbons (Fsp3) is 0.143. The molecule has 0 saturated heterocycles. The maximum atomic E-state index is 13.8. The molecule has 20 heavy (non-hydrogen) atoms. The molecule has 0 aromatic heterocycles. The minimum absolute atomic E-state index is 0.183. The first-order valence-electron chi connectivity index (χ1n) is 5.60. The quantitative estimate of drug-likeness (QED) is 0.815. The lowest BCUT2D eigenvalue weighted by atomic mass is 10.0. The number of methoxy groups -OCH3 is 1. The number of benzene rings is 2. The Balaban J connectivity index is 2.46. The molecule has 0 bridgehead atoms. The molecule has 0 radical (unpaired) electrons. The van der Waals surface area contributed by atoms with Crippen LogP contribution >= 0.6 is 27.5 Å². The van der Waals surface area contributed by atoms with Gasteiger partial charge in [-0.3, -0.25) is 0 Å². The van der Waals surface area contributed by atoms with Gasteiger partial charge < -0.3 is 9.84 Å². The lowest BCUT2D eigenvalue weighted by Crippen LogP contribution is -2.04. The molecule has 2 aromatic carbocycles. The molecular formula is C14H10BrClF2O2. The molecule has 0 amide bonds. The molecule has 106 valence electrons. The van der Waals surface area contributed by atoms with E-state index in [0.717, 1.165) is 12.1 Å². The first kappa shape index (κ1) is 15.2. The van der Waals surface area contributed by atoms with Crippen molar-refractivity contribution in [2.45, 2.75) is 6.10 Å². The fourth-order valence-electron chi connectivity index (χ4n) is 1.77. The van der Waals surface area contributed by atoms with Crippen molar-refractivity contribution >= 4 is 27.5 Å². The molecule has 0 saturated carbocycles. The SMILES string of the molecule is COc1ccc(C(O)c2cc(F)c(Cl)cc2F)c(Br)c1. The Morgan fingerprint density at radius 1 is 1.15 bits per heavy atom. The zero-order chi connectivity index (χ0) is 14.9. The van der Waals surface area contributed by atoms with E-state index in [-0.39, 0.29) is 10.6 Å². The van der Waals surface area contributed by atoms with Crippen LogP contribution in [0.3, 0.4) is 0 Å². The Morgan fingerprint density at radius 3 is 2.45 bits per heavy atom. The number of ether oxygens (including phenoxy) is 1. The van der Waals surface area contributed by atoms with Crippen LogP contribution in [0.5, 0.6) is 5.75 Å². The Bertz CT molecular complexity index is 649. The minimum Gasteiger partial charge on any atom is -0.497 e. The van der Waals surface area contributed by atoms with Crippen LogP contribution in [0.4, 0.5) is 8.78 Å². The van der Waals surface area contributed by atoms with Crippen LogP contribution in [0, 0.1) is 11.6 Å². The number of halogens is 4. The van der Waals surface area contributed by atoms with Crippen molar-refractivity contribution < 1.29 is 18.6 Å². The summed E-state index contributed by atoms with van der Waals surface area (Å²) in [6, 6.07) is 6.54. The summed E-state index contributed by atoms with van der Waals surface area (Å²) in [7, 11) is 1.51. The van der Waals surface area contributed by atoms with Gasteiger partial charge in [0.2, 0.25) is 0 Å². The van der Waals surface area contributed by atoms with Gasteiger partial charge in [-0.05, 0) is 29.8 Å². The summed E-state index contributed by atoms with van der Waals surface area (Å²) in [5.74, 6) is -0.978. The van der Waals surface area contributed by atoms with Crippen molar-refractivity contribution in [2.24, 2.45) is 0 Å². The van der Waals surface area contributed by atoms with Crippen LogP contribution in [0.1, 0.15) is 17.2 Å². The average molecular weight is 364 g/mol. The Hall–Kier alpha value is -1.17. The van der Waals surface area contributed by atoms with Gasteiger partial charge in [0.15, 0.2) is 0 Å². The molecule has 2 nitrogen and oxygen atoms in total. The second-order valence-corrected chi connectivity index (χ2v) is 5.34. The van der Waals surface area contributed by atoms with Gasteiger partial charge in [-0.15, -0.1) is 0 Å². The van der Waals surface area contributed by atoms with Gasteiger partial charge in [0, 0.05) is 10.0 Å². The van der Waals surface area contributed by atoms with Gasteiger partial charge in [-0.2, -0.15) is 0 Å². The van der Waals surface area contributed by atoms with E-state index in [9.17, 15) is 13.9 Å². The van der Waals surface area contributed by atoms with E-state index in [1.165, 1.54) is 7.11 Å². The second-order valence-electron chi connectivity index (χ2n) is 4.08. The minimum atomic E-state index is -1.32. The summed E-state index contributed by atoms with van der Waals surface area (Å²) in [5.41, 5.74) is 0.212. The van der Waals surface area contributed by atoms with Crippen molar-refractivity contribution in [3.8, 4) is 5.75 Å². The molecule has 6 heteroatoms. The molecule has 2 aromatic rings. The van der Waals surface area contributed by atoms with Crippen LogP contribution in [0.25, 0.3) is 0 Å². The largest absolute Gasteiger partial charge is 0.497 e. The van der Waals surface area contributed by atoms with Crippen molar-refractivity contribution in [3.63, 3.8) is 0 Å². The van der Waals surface area contributed by atoms with Crippen molar-refractivity contribution in [2.75, 3.05) is 7.11 Å². The average Bonchev–Trinajstić information content (AvgIpc) is 2.42. The van der Waals surface area contributed by atoms with Crippen molar-refractivity contribution in [3.05, 3.63) is 62.6 Å². The van der Waals surface area contributed by atoms with Gasteiger partial charge in [-0.25, -0.2) is 8.78 Å². The zero-order valence-corrected chi connectivity index (χ0v) is 12.7. The second kappa shape index (κ2) is 6.08. The van der Waals surface area contributed by atoms with Gasteiger partial charge in [0.05, 0.1) is 12.1 Å². The molecule has 1 unspecified atom stereocenters. The lowest BCUT2D eigenvalue weighted by molar-refractivity contribution is 0.213. The van der Waals surface area contributed by atoms with Gasteiger partial charge in [0.25, 0.3) is 0 Å². The lowest BCUT2D eigenvalue weighted by Gasteiger charge is -2.15. The van der Waals surface area contributed by atoms with Crippen molar-refractivity contribution in [1.29, 1.82) is 0 Å². The van der Waals surface area contributed by atoms with Gasteiger partial charge in [-0.1, -0.05) is 33.6 Å². The van der Waals surface area contributed by atoms with Crippen LogP contribution in [0.15, 0.2) is 34.8 Å². The van der Waals surface area contributed by atoms with Crippen LogP contribution < -0.4 is 4.74 Å². The van der Waals surface area contributed by atoms with E-state index in [0.29, 0.717) is 15.8 Å². The van der Waals surface area contributed by atoms with E-state index in [1.54, 1.807) is 18.2 Å². The summed E-state index contributed by atoms with van der Waals surface area (Å²) < 4.78 is 32.8. The third kappa shape index (κ3) is 2.95. The molecule has 1 atom stereocenters. The predicted octanol–water partition coefficient (Wildman–Crippen LogP) is 4.47. The van der Waals surface area contributed by atoms with E-state index in [2.05, 4.69) is 15.9 Å². The predicted molar refractivity (Wildman–Crippen MR) is 76.1 cm³/mol. The third-order valence-electron chi connectivity index (χ3n) is 2.84. The molecule has 1 N–H and O–H groups in total. The van der Waals surface area contributed by atoms with E-state index >= 15 is 0 Å². The summed E-state index contributed by atoms with van der Waals surface area (Å²) in [6.45, 7) is 0. The highest BCUT2D eigenvalue weighted by atomic mass is 79.9. The number of aliphatic hydroxyl groups is 1. The molecule has 0 aliphatic rings. The van der Waals surface area contributed by atoms with Crippen molar-refractivity contribution in [1.82, 2.24) is 0 Å². The third-order valence-corrected chi connectivity index (χ3v) is 3.81.